The highest BCUT2D eigenvalue weighted by Gasteiger charge is 2.47. The molecule has 1 saturated heterocycles. The average Bonchev–Trinajstić information content (AvgIpc) is 3.64. The van der Waals surface area contributed by atoms with Crippen LogP contribution in [0.5, 0.6) is 11.5 Å². The summed E-state index contributed by atoms with van der Waals surface area (Å²) in [6, 6.07) is 5.31. The molecule has 1 aromatic heterocycles. The first kappa shape index (κ1) is 29.9. The van der Waals surface area contributed by atoms with Crippen molar-refractivity contribution in [1.82, 2.24) is 19.7 Å². The minimum Gasteiger partial charge on any atom is -0.481 e. The minimum absolute atomic E-state index is 0.0609. The van der Waals surface area contributed by atoms with Gasteiger partial charge in [0.1, 0.15) is 5.76 Å². The van der Waals surface area contributed by atoms with Crippen molar-refractivity contribution in [2.75, 3.05) is 53.6 Å². The summed E-state index contributed by atoms with van der Waals surface area (Å²) in [6.45, 7) is 7.22. The standard InChI is InChI=1S/C30H44N4O6/c1-5-6-14-33(15-8-7-13-32(3)4)28(35)19-34-18-23(22-9-11-25-26(16-22)39-20-38-25)29(30(36)37)24(34)10-12-27-31-17-21(2)40-27/h9,11,16-17,23-24,29H,5-8,10,12-15,18-20H2,1-4H3,(H,36,37)/t23-,24+,29?/m1/s1. The summed E-state index contributed by atoms with van der Waals surface area (Å²) in [6.07, 6.45) is 6.64. The maximum Gasteiger partial charge on any atom is 0.308 e. The number of benzene rings is 1. The molecule has 2 aliphatic rings. The molecule has 0 aliphatic carbocycles. The fourth-order valence-corrected chi connectivity index (χ4v) is 5.84. The van der Waals surface area contributed by atoms with Gasteiger partial charge in [-0.15, -0.1) is 0 Å². The van der Waals surface area contributed by atoms with Crippen LogP contribution >= 0.6 is 0 Å². The Morgan fingerprint density at radius 1 is 1.10 bits per heavy atom. The third-order valence-electron chi connectivity index (χ3n) is 7.94. The molecule has 10 heteroatoms. The molecule has 0 spiro atoms. The van der Waals surface area contributed by atoms with Gasteiger partial charge in [-0.1, -0.05) is 19.4 Å². The monoisotopic (exact) mass is 556 g/mol. The molecular weight excluding hydrogens is 512 g/mol. The van der Waals surface area contributed by atoms with Crippen LogP contribution in [0.1, 0.15) is 62.2 Å². The first-order valence-corrected chi connectivity index (χ1v) is 14.5. The fraction of sp³-hybridized carbons (Fsp3) is 0.633. The first-order valence-electron chi connectivity index (χ1n) is 14.5. The largest absolute Gasteiger partial charge is 0.481 e. The summed E-state index contributed by atoms with van der Waals surface area (Å²) < 4.78 is 16.7. The number of ether oxygens (including phenoxy) is 2. The van der Waals surface area contributed by atoms with Gasteiger partial charge in [0, 0.05) is 38.0 Å². The molecular formula is C30H44N4O6. The maximum atomic E-state index is 13.7. The summed E-state index contributed by atoms with van der Waals surface area (Å²) in [5, 5.41) is 10.5. The summed E-state index contributed by atoms with van der Waals surface area (Å²) in [5.41, 5.74) is 0.884. The number of unbranched alkanes of at least 4 members (excludes halogenated alkanes) is 2. The smallest absolute Gasteiger partial charge is 0.308 e. The molecule has 1 N–H and O–H groups in total. The van der Waals surface area contributed by atoms with Crippen molar-refractivity contribution in [2.45, 2.75) is 64.3 Å². The van der Waals surface area contributed by atoms with Crippen molar-refractivity contribution in [3.63, 3.8) is 0 Å². The molecule has 1 fully saturated rings. The van der Waals surface area contributed by atoms with Crippen LogP contribution in [0.25, 0.3) is 0 Å². The van der Waals surface area contributed by atoms with Gasteiger partial charge in [-0.3, -0.25) is 14.5 Å². The molecule has 0 radical (unpaired) electrons. The summed E-state index contributed by atoms with van der Waals surface area (Å²) >= 11 is 0. The Kier molecular flexibility index (Phi) is 10.4. The molecule has 1 unspecified atom stereocenters. The Morgan fingerprint density at radius 3 is 2.55 bits per heavy atom. The Balaban J connectivity index is 1.54. The van der Waals surface area contributed by atoms with Crippen molar-refractivity contribution >= 4 is 11.9 Å². The van der Waals surface area contributed by atoms with E-state index >= 15 is 0 Å². The van der Waals surface area contributed by atoms with E-state index in [4.69, 9.17) is 13.9 Å². The van der Waals surface area contributed by atoms with Crippen molar-refractivity contribution in [3.8, 4) is 11.5 Å². The van der Waals surface area contributed by atoms with Crippen LogP contribution < -0.4 is 9.47 Å². The highest BCUT2D eigenvalue weighted by molar-refractivity contribution is 5.79. The third kappa shape index (κ3) is 7.54. The van der Waals surface area contributed by atoms with E-state index in [1.165, 1.54) is 0 Å². The van der Waals surface area contributed by atoms with Crippen LogP contribution in [-0.4, -0.2) is 96.3 Å². The molecule has 10 nitrogen and oxygen atoms in total. The van der Waals surface area contributed by atoms with Gasteiger partial charge in [0.15, 0.2) is 17.4 Å². The molecule has 1 aromatic carbocycles. The summed E-state index contributed by atoms with van der Waals surface area (Å²) in [7, 11) is 4.12. The number of hydrogen-bond donors (Lipinski definition) is 1. The maximum absolute atomic E-state index is 13.7. The topological polar surface area (TPSA) is 109 Å². The number of aliphatic carboxylic acids is 1. The van der Waals surface area contributed by atoms with E-state index < -0.39 is 11.9 Å². The van der Waals surface area contributed by atoms with Crippen LogP contribution in [0.15, 0.2) is 28.8 Å². The molecule has 4 rings (SSSR count). The van der Waals surface area contributed by atoms with E-state index in [1.54, 1.807) is 6.20 Å². The number of nitrogens with zero attached hydrogens (tertiary/aromatic N) is 4. The lowest BCUT2D eigenvalue weighted by Gasteiger charge is -2.29. The summed E-state index contributed by atoms with van der Waals surface area (Å²) in [5.74, 6) is 0.827. The zero-order valence-electron chi connectivity index (χ0n) is 24.3. The van der Waals surface area contributed by atoms with Gasteiger partial charge in [0.05, 0.1) is 18.7 Å². The number of hydrogen-bond acceptors (Lipinski definition) is 8. The van der Waals surface area contributed by atoms with Gasteiger partial charge in [0.2, 0.25) is 12.7 Å². The molecule has 2 aromatic rings. The summed E-state index contributed by atoms with van der Waals surface area (Å²) in [4.78, 5) is 37.0. The Morgan fingerprint density at radius 2 is 1.85 bits per heavy atom. The zero-order chi connectivity index (χ0) is 28.6. The van der Waals surface area contributed by atoms with Gasteiger partial charge in [-0.05, 0) is 70.9 Å². The second-order valence-electron chi connectivity index (χ2n) is 11.2. The number of carboxylic acid groups (broad SMARTS) is 1. The molecule has 0 saturated carbocycles. The number of carbonyl (C=O) groups excluding carboxylic acids is 1. The van der Waals surface area contributed by atoms with Crippen LogP contribution in [0.2, 0.25) is 0 Å². The number of oxazole rings is 1. The van der Waals surface area contributed by atoms with Crippen molar-refractivity contribution in [2.24, 2.45) is 5.92 Å². The number of rotatable bonds is 15. The lowest BCUT2D eigenvalue weighted by atomic mass is 9.83. The number of aryl methyl sites for hydroxylation is 2. The highest BCUT2D eigenvalue weighted by atomic mass is 16.7. The molecule has 3 atom stereocenters. The van der Waals surface area contributed by atoms with E-state index in [0.29, 0.717) is 43.3 Å². The van der Waals surface area contributed by atoms with E-state index in [0.717, 1.165) is 50.1 Å². The van der Waals surface area contributed by atoms with Crippen LogP contribution in [0.4, 0.5) is 0 Å². The molecule has 40 heavy (non-hydrogen) atoms. The Bertz CT molecular complexity index is 1140. The van der Waals surface area contributed by atoms with Crippen LogP contribution in [-0.2, 0) is 16.0 Å². The third-order valence-corrected chi connectivity index (χ3v) is 7.94. The predicted octanol–water partition coefficient (Wildman–Crippen LogP) is 3.78. The molecule has 0 bridgehead atoms. The second-order valence-corrected chi connectivity index (χ2v) is 11.2. The Labute approximate surface area is 237 Å². The van der Waals surface area contributed by atoms with Crippen molar-refractivity contribution in [3.05, 3.63) is 41.6 Å². The Hall–Kier alpha value is -3.11. The van der Waals surface area contributed by atoms with Gasteiger partial charge in [0.25, 0.3) is 0 Å². The lowest BCUT2D eigenvalue weighted by molar-refractivity contribution is -0.143. The zero-order valence-corrected chi connectivity index (χ0v) is 24.3. The molecule has 1 amide bonds. The first-order chi connectivity index (χ1) is 19.3. The number of carbonyl (C=O) groups is 2. The van der Waals surface area contributed by atoms with E-state index in [1.807, 2.05) is 30.0 Å². The average molecular weight is 557 g/mol. The number of fused-ring (bicyclic) bond motifs is 1. The van der Waals surface area contributed by atoms with Gasteiger partial charge < -0.3 is 28.8 Å². The van der Waals surface area contributed by atoms with Crippen molar-refractivity contribution < 1.29 is 28.6 Å². The number of likely N-dealkylation sites (tertiary alicyclic amines) is 1. The number of aromatic nitrogens is 1. The van der Waals surface area contributed by atoms with Crippen LogP contribution in [0, 0.1) is 12.8 Å². The predicted molar refractivity (Wildman–Crippen MR) is 151 cm³/mol. The number of carboxylic acids is 1. The quantitative estimate of drug-likeness (QED) is 0.328. The van der Waals surface area contributed by atoms with E-state index in [9.17, 15) is 14.7 Å². The van der Waals surface area contributed by atoms with E-state index in [-0.39, 0.29) is 31.2 Å². The van der Waals surface area contributed by atoms with Crippen molar-refractivity contribution in [1.29, 1.82) is 0 Å². The van der Waals surface area contributed by atoms with Crippen LogP contribution in [0.3, 0.4) is 0 Å². The SMILES string of the molecule is CCCCN(CCCCN(C)C)C(=O)CN1C[C@H](c2ccc3c(c2)OCO3)C(C(=O)O)[C@@H]1CCc1ncc(C)o1. The minimum atomic E-state index is -0.863. The fourth-order valence-electron chi connectivity index (χ4n) is 5.84. The molecule has 3 heterocycles. The van der Waals surface area contributed by atoms with Gasteiger partial charge in [-0.25, -0.2) is 4.98 Å². The highest BCUT2D eigenvalue weighted by Crippen LogP contribution is 2.43. The molecule has 2 aliphatic heterocycles. The second kappa shape index (κ2) is 14.0. The number of amides is 1. The van der Waals surface area contributed by atoms with Gasteiger partial charge >= 0.3 is 5.97 Å². The molecule has 220 valence electrons. The lowest BCUT2D eigenvalue weighted by Crippen LogP contribution is -2.45. The van der Waals surface area contributed by atoms with E-state index in [2.05, 4.69) is 35.8 Å². The normalized spacial score (nSPS) is 20.4. The van der Waals surface area contributed by atoms with Gasteiger partial charge in [-0.2, -0.15) is 0 Å².